The monoisotopic (exact) mass is 90.0 g/mol. The fraction of sp³-hybridized carbons (Fsp3) is 0. The molecule has 3 nitrogen and oxygen atoms in total. The molecule has 0 aliphatic rings. The van der Waals surface area contributed by atoms with Gasteiger partial charge in [-0.1, -0.05) is 0 Å². The van der Waals surface area contributed by atoms with Crippen molar-refractivity contribution in [3.63, 3.8) is 0 Å². The normalized spacial score (nSPS) is 2.40. The maximum atomic E-state index is 8.36. The quantitative estimate of drug-likeness (QED) is 0.297. The summed E-state index contributed by atoms with van der Waals surface area (Å²) in [6, 6.07) is 0. The summed E-state index contributed by atoms with van der Waals surface area (Å²) in [7, 11) is 0. The number of carboxylic acid groups (broad SMARTS) is 1. The number of rotatable bonds is 0. The van der Waals surface area contributed by atoms with Crippen LogP contribution in [0.1, 0.15) is 2.85 Å². The van der Waals surface area contributed by atoms with Gasteiger partial charge in [-0.15, -0.1) is 0 Å². The van der Waals surface area contributed by atoms with E-state index in [1.54, 1.807) is 0 Å². The molecule has 0 aliphatic heterocycles. The molecule has 0 spiro atoms. The van der Waals surface area contributed by atoms with E-state index in [4.69, 9.17) is 9.90 Å². The van der Waals surface area contributed by atoms with Crippen molar-refractivity contribution in [1.82, 2.24) is 0 Å². The summed E-state index contributed by atoms with van der Waals surface area (Å²) in [5.74, 6) is 0. The third-order valence-electron chi connectivity index (χ3n) is 0. The standard InChI is InChI=1S/CH2O2.Mg.H2O.2H/c2-1-3;;;;/h1H,(H,2,3);;1H2;;/q;+2;;2*-1. The van der Waals surface area contributed by atoms with Crippen molar-refractivity contribution >= 4 is 29.5 Å². The summed E-state index contributed by atoms with van der Waals surface area (Å²) in [6.07, 6.45) is 0. The van der Waals surface area contributed by atoms with E-state index in [0.29, 0.717) is 0 Å². The Kier molecular flexibility index (Phi) is 114. The molecule has 0 heterocycles. The van der Waals surface area contributed by atoms with Crippen LogP contribution in [0.2, 0.25) is 0 Å². The topological polar surface area (TPSA) is 68.8 Å². The van der Waals surface area contributed by atoms with Gasteiger partial charge in [0.2, 0.25) is 0 Å². The van der Waals surface area contributed by atoms with E-state index in [9.17, 15) is 0 Å². The van der Waals surface area contributed by atoms with Crippen molar-refractivity contribution in [3.05, 3.63) is 0 Å². The van der Waals surface area contributed by atoms with Gasteiger partial charge < -0.3 is 13.4 Å². The third kappa shape index (κ3) is 526. The van der Waals surface area contributed by atoms with Crippen molar-refractivity contribution in [1.29, 1.82) is 0 Å². The molecule has 0 radical (unpaired) electrons. The van der Waals surface area contributed by atoms with Gasteiger partial charge in [-0.25, -0.2) is 0 Å². The van der Waals surface area contributed by atoms with Crippen molar-refractivity contribution in [2.75, 3.05) is 0 Å². The summed E-state index contributed by atoms with van der Waals surface area (Å²) in [6.45, 7) is -0.250. The Balaban J connectivity index is -0.00000000333. The molecule has 0 saturated carbocycles. The van der Waals surface area contributed by atoms with Crippen molar-refractivity contribution < 1.29 is 18.2 Å². The Morgan fingerprint density at radius 2 is 1.80 bits per heavy atom. The smallest absolute Gasteiger partial charge is 1.00 e. The van der Waals surface area contributed by atoms with Crippen LogP contribution in [0.15, 0.2) is 0 Å². The first-order valence-electron chi connectivity index (χ1n) is 0.494. The van der Waals surface area contributed by atoms with E-state index in [0.717, 1.165) is 0 Å². The summed E-state index contributed by atoms with van der Waals surface area (Å²) in [5.41, 5.74) is 0. The van der Waals surface area contributed by atoms with Gasteiger partial charge in [0.15, 0.2) is 0 Å². The predicted octanol–water partition coefficient (Wildman–Crippen LogP) is -1.28. The summed E-state index contributed by atoms with van der Waals surface area (Å²) in [4.78, 5) is 8.36. The minimum atomic E-state index is -0.250. The minimum Gasteiger partial charge on any atom is -1.00 e. The first-order valence-corrected chi connectivity index (χ1v) is 0.494. The molecule has 0 saturated heterocycles. The van der Waals surface area contributed by atoms with Crippen molar-refractivity contribution in [3.8, 4) is 0 Å². The Bertz CT molecular complexity index is 20.4. The van der Waals surface area contributed by atoms with Gasteiger partial charge in [-0.2, -0.15) is 0 Å². The van der Waals surface area contributed by atoms with Gasteiger partial charge in [0.25, 0.3) is 6.47 Å². The van der Waals surface area contributed by atoms with Gasteiger partial charge in [0.1, 0.15) is 0 Å². The van der Waals surface area contributed by atoms with Crippen LogP contribution in [-0.2, 0) is 4.79 Å². The van der Waals surface area contributed by atoms with Gasteiger partial charge in [-0.3, -0.25) is 4.79 Å². The van der Waals surface area contributed by atoms with Crippen LogP contribution in [0.5, 0.6) is 0 Å². The van der Waals surface area contributed by atoms with E-state index in [-0.39, 0.29) is 37.9 Å². The fourth-order valence-electron chi connectivity index (χ4n) is 0. The maximum absolute atomic E-state index is 8.36. The second kappa shape index (κ2) is 30.0. The van der Waals surface area contributed by atoms with Gasteiger partial charge in [0.05, 0.1) is 0 Å². The van der Waals surface area contributed by atoms with Gasteiger partial charge in [-0.05, 0) is 0 Å². The van der Waals surface area contributed by atoms with E-state index in [1.807, 2.05) is 0 Å². The molecule has 4 heteroatoms. The summed E-state index contributed by atoms with van der Waals surface area (Å²) in [5, 5.41) is 6.89. The zero-order valence-electron chi connectivity index (χ0n) is 4.64. The summed E-state index contributed by atoms with van der Waals surface area (Å²) >= 11 is 0. The van der Waals surface area contributed by atoms with Crippen molar-refractivity contribution in [2.24, 2.45) is 0 Å². The molecule has 5 heavy (non-hydrogen) atoms. The molecule has 0 aliphatic carbocycles. The molecule has 0 fully saturated rings. The van der Waals surface area contributed by atoms with E-state index in [2.05, 4.69) is 0 Å². The molecule has 3 N–H and O–H groups in total. The second-order valence-corrected chi connectivity index (χ2v) is 0.105. The van der Waals surface area contributed by atoms with Crippen LogP contribution in [0.25, 0.3) is 0 Å². The molecule has 0 amide bonds. The largest absolute Gasteiger partial charge is 2.00 e. The van der Waals surface area contributed by atoms with Crippen LogP contribution in [0.4, 0.5) is 0 Å². The van der Waals surface area contributed by atoms with Gasteiger partial charge >= 0.3 is 23.1 Å². The molecular formula is CH6MgO3. The number of hydrogen-bond acceptors (Lipinski definition) is 1. The average Bonchev–Trinajstić information content (AvgIpc) is 0.918. The third-order valence-corrected chi connectivity index (χ3v) is 0. The number of hydrogen-bond donors (Lipinski definition) is 1. The van der Waals surface area contributed by atoms with Crippen LogP contribution in [-0.4, -0.2) is 40.1 Å². The molecule has 0 unspecified atom stereocenters. The Morgan fingerprint density at radius 1 is 1.80 bits per heavy atom. The molecule has 0 aromatic heterocycles. The molecule has 0 aromatic carbocycles. The zero-order chi connectivity index (χ0) is 2.71. The van der Waals surface area contributed by atoms with Gasteiger partial charge in [0, 0.05) is 0 Å². The minimum absolute atomic E-state index is 0. The van der Waals surface area contributed by atoms with Crippen molar-refractivity contribution in [2.45, 2.75) is 0 Å². The molecule has 30 valence electrons. The average molecular weight is 90.4 g/mol. The van der Waals surface area contributed by atoms with Crippen LogP contribution >= 0.6 is 0 Å². The van der Waals surface area contributed by atoms with E-state index in [1.165, 1.54) is 0 Å². The molecule has 0 aromatic rings. The first-order chi connectivity index (χ1) is 1.41. The molecule has 0 atom stereocenters. The Labute approximate surface area is 48.4 Å². The number of carbonyl (C=O) groups is 1. The second-order valence-electron chi connectivity index (χ2n) is 0.105. The summed E-state index contributed by atoms with van der Waals surface area (Å²) < 4.78 is 0. The van der Waals surface area contributed by atoms with E-state index < -0.39 is 0 Å². The Morgan fingerprint density at radius 3 is 1.80 bits per heavy atom. The first kappa shape index (κ1) is 19.0. The Hall–Kier alpha value is 0.196. The van der Waals surface area contributed by atoms with E-state index >= 15 is 0 Å². The maximum Gasteiger partial charge on any atom is 2.00 e. The molecular weight excluding hydrogens is 84.3 g/mol. The van der Waals surface area contributed by atoms with Crippen LogP contribution < -0.4 is 0 Å². The SMILES string of the molecule is O.O=CO.[H-].[H-].[Mg+2]. The van der Waals surface area contributed by atoms with Crippen LogP contribution in [0.3, 0.4) is 0 Å². The zero-order valence-corrected chi connectivity index (χ0v) is 4.05. The van der Waals surface area contributed by atoms with Crippen LogP contribution in [0, 0.1) is 0 Å². The molecule has 0 bridgehead atoms. The molecule has 0 rings (SSSR count). The predicted molar refractivity (Wildman–Crippen MR) is 20.3 cm³/mol. The fourth-order valence-corrected chi connectivity index (χ4v) is 0.